The number of nitrogens with zero attached hydrogens (tertiary/aromatic N) is 1. The molecule has 0 spiro atoms. The second kappa shape index (κ2) is 7.21. The normalized spacial score (nSPS) is 10.8. The molecule has 0 atom stereocenters. The third-order valence-corrected chi connectivity index (χ3v) is 3.77. The van der Waals surface area contributed by atoms with Gasteiger partial charge in [0.2, 0.25) is 5.76 Å². The molecule has 0 radical (unpaired) electrons. The van der Waals surface area contributed by atoms with Crippen LogP contribution < -0.4 is 4.90 Å². The van der Waals surface area contributed by atoms with E-state index in [1.54, 1.807) is 17.0 Å². The predicted molar refractivity (Wildman–Crippen MR) is 95.6 cm³/mol. The van der Waals surface area contributed by atoms with Gasteiger partial charge < -0.3 is 14.1 Å². The summed E-state index contributed by atoms with van der Waals surface area (Å²) in [6, 6.07) is 18.1. The van der Waals surface area contributed by atoms with Crippen LogP contribution in [-0.4, -0.2) is 24.5 Å². The van der Waals surface area contributed by atoms with Crippen LogP contribution in [-0.2, 0) is 9.53 Å². The topological polar surface area (TPSA) is 59.8 Å². The standard InChI is InChI=1S/C20H19NO4/c1-14(2)21(16-9-4-3-5-10-16)19(22)13-24-20(23)18-12-15-8-6-7-11-17(15)25-18/h3-12,14H,13H2,1-2H3. The summed E-state index contributed by atoms with van der Waals surface area (Å²) in [4.78, 5) is 26.3. The fraction of sp³-hybridized carbons (Fsp3) is 0.200. The van der Waals surface area contributed by atoms with Gasteiger partial charge in [-0.05, 0) is 38.1 Å². The molecule has 0 aliphatic carbocycles. The van der Waals surface area contributed by atoms with E-state index >= 15 is 0 Å². The minimum absolute atomic E-state index is 0.0557. The molecule has 2 aromatic carbocycles. The molecule has 0 saturated carbocycles. The molecule has 3 rings (SSSR count). The lowest BCUT2D eigenvalue weighted by Gasteiger charge is -2.26. The zero-order valence-corrected chi connectivity index (χ0v) is 14.1. The number of ether oxygens (including phenoxy) is 1. The zero-order chi connectivity index (χ0) is 17.8. The summed E-state index contributed by atoms with van der Waals surface area (Å²) in [7, 11) is 0. The molecule has 1 aromatic heterocycles. The minimum Gasteiger partial charge on any atom is -0.450 e. The molecule has 0 unspecified atom stereocenters. The number of rotatable bonds is 5. The van der Waals surface area contributed by atoms with Crippen LogP contribution in [0.25, 0.3) is 11.0 Å². The molecule has 0 bridgehead atoms. The lowest BCUT2D eigenvalue weighted by Crippen LogP contribution is -2.39. The first-order valence-electron chi connectivity index (χ1n) is 8.09. The molecule has 0 saturated heterocycles. The van der Waals surface area contributed by atoms with Crippen molar-refractivity contribution in [1.82, 2.24) is 0 Å². The van der Waals surface area contributed by atoms with Gasteiger partial charge in [-0.2, -0.15) is 0 Å². The highest BCUT2D eigenvalue weighted by Gasteiger charge is 2.22. The van der Waals surface area contributed by atoms with Crippen LogP contribution >= 0.6 is 0 Å². The highest BCUT2D eigenvalue weighted by Crippen LogP contribution is 2.20. The van der Waals surface area contributed by atoms with Gasteiger partial charge in [0.15, 0.2) is 6.61 Å². The fourth-order valence-electron chi connectivity index (χ4n) is 2.67. The van der Waals surface area contributed by atoms with Crippen LogP contribution in [0.3, 0.4) is 0 Å². The van der Waals surface area contributed by atoms with E-state index in [2.05, 4.69) is 0 Å². The largest absolute Gasteiger partial charge is 0.450 e. The van der Waals surface area contributed by atoms with E-state index in [0.717, 1.165) is 11.1 Å². The second-order valence-corrected chi connectivity index (χ2v) is 5.92. The average molecular weight is 337 g/mol. The summed E-state index contributed by atoms with van der Waals surface area (Å²) in [5, 5.41) is 0.814. The van der Waals surface area contributed by atoms with Crippen LogP contribution in [0.4, 0.5) is 5.69 Å². The first kappa shape index (κ1) is 16.8. The second-order valence-electron chi connectivity index (χ2n) is 5.92. The maximum Gasteiger partial charge on any atom is 0.374 e. The predicted octanol–water partition coefficient (Wildman–Crippen LogP) is 4.03. The van der Waals surface area contributed by atoms with Crippen LogP contribution in [0, 0.1) is 0 Å². The summed E-state index contributed by atoms with van der Waals surface area (Å²) in [6.45, 7) is 3.47. The van der Waals surface area contributed by atoms with Crippen molar-refractivity contribution in [2.24, 2.45) is 0 Å². The van der Waals surface area contributed by atoms with Gasteiger partial charge in [-0.15, -0.1) is 0 Å². The number of benzene rings is 2. The molecule has 1 heterocycles. The first-order chi connectivity index (χ1) is 12.1. The van der Waals surface area contributed by atoms with Crippen molar-refractivity contribution in [3.05, 3.63) is 66.4 Å². The van der Waals surface area contributed by atoms with Gasteiger partial charge in [0, 0.05) is 17.1 Å². The average Bonchev–Trinajstić information content (AvgIpc) is 3.04. The maximum absolute atomic E-state index is 12.5. The Morgan fingerprint density at radius 3 is 2.40 bits per heavy atom. The van der Waals surface area contributed by atoms with E-state index in [4.69, 9.17) is 9.15 Å². The highest BCUT2D eigenvalue weighted by atomic mass is 16.5. The molecule has 5 nitrogen and oxygen atoms in total. The molecular formula is C20H19NO4. The molecule has 128 valence electrons. The van der Waals surface area contributed by atoms with E-state index in [-0.39, 0.29) is 24.3 Å². The number of esters is 1. The lowest BCUT2D eigenvalue weighted by atomic mass is 10.2. The molecule has 3 aromatic rings. The van der Waals surface area contributed by atoms with Crippen molar-refractivity contribution in [2.75, 3.05) is 11.5 Å². The van der Waals surface area contributed by atoms with Crippen molar-refractivity contribution < 1.29 is 18.7 Å². The van der Waals surface area contributed by atoms with Crippen molar-refractivity contribution in [3.8, 4) is 0 Å². The van der Waals surface area contributed by atoms with E-state index in [9.17, 15) is 9.59 Å². The molecule has 0 N–H and O–H groups in total. The van der Waals surface area contributed by atoms with Gasteiger partial charge in [-0.25, -0.2) is 4.79 Å². The summed E-state index contributed by atoms with van der Waals surface area (Å²) in [5.41, 5.74) is 1.37. The van der Waals surface area contributed by atoms with Crippen LogP contribution in [0.15, 0.2) is 65.1 Å². The fourth-order valence-corrected chi connectivity index (χ4v) is 2.67. The summed E-state index contributed by atoms with van der Waals surface area (Å²) in [6.07, 6.45) is 0. The van der Waals surface area contributed by atoms with Crippen molar-refractivity contribution in [1.29, 1.82) is 0 Å². The van der Waals surface area contributed by atoms with Crippen LogP contribution in [0.1, 0.15) is 24.4 Å². The zero-order valence-electron chi connectivity index (χ0n) is 14.1. The maximum atomic E-state index is 12.5. The van der Waals surface area contributed by atoms with Gasteiger partial charge in [-0.1, -0.05) is 36.4 Å². The minimum atomic E-state index is -0.652. The molecule has 25 heavy (non-hydrogen) atoms. The van der Waals surface area contributed by atoms with Gasteiger partial charge in [-0.3, -0.25) is 4.79 Å². The number of carbonyl (C=O) groups excluding carboxylic acids is 2. The monoisotopic (exact) mass is 337 g/mol. The van der Waals surface area contributed by atoms with E-state index < -0.39 is 5.97 Å². The Kier molecular flexibility index (Phi) is 4.84. The van der Waals surface area contributed by atoms with E-state index in [1.165, 1.54) is 0 Å². The third-order valence-electron chi connectivity index (χ3n) is 3.77. The molecule has 1 amide bonds. The van der Waals surface area contributed by atoms with E-state index in [1.807, 2.05) is 62.4 Å². The smallest absolute Gasteiger partial charge is 0.374 e. The van der Waals surface area contributed by atoms with Gasteiger partial charge >= 0.3 is 5.97 Å². The van der Waals surface area contributed by atoms with Gasteiger partial charge in [0.25, 0.3) is 5.91 Å². The summed E-state index contributed by atoms with van der Waals surface area (Å²) >= 11 is 0. The van der Waals surface area contributed by atoms with Crippen molar-refractivity contribution in [3.63, 3.8) is 0 Å². The number of furan rings is 1. The molecular weight excluding hydrogens is 318 g/mol. The van der Waals surface area contributed by atoms with Crippen molar-refractivity contribution in [2.45, 2.75) is 19.9 Å². The Hall–Kier alpha value is -3.08. The Labute approximate surface area is 145 Å². The third kappa shape index (κ3) is 3.71. The number of amides is 1. The van der Waals surface area contributed by atoms with Gasteiger partial charge in [0.05, 0.1) is 0 Å². The Morgan fingerprint density at radius 1 is 1.04 bits per heavy atom. The number of carbonyl (C=O) groups is 2. The summed E-state index contributed by atoms with van der Waals surface area (Å²) in [5.74, 6) is -0.850. The SMILES string of the molecule is CC(C)N(C(=O)COC(=O)c1cc2ccccc2o1)c1ccccc1. The summed E-state index contributed by atoms with van der Waals surface area (Å²) < 4.78 is 10.6. The Balaban J connectivity index is 1.69. The Bertz CT molecular complexity index is 850. The first-order valence-corrected chi connectivity index (χ1v) is 8.09. The van der Waals surface area contributed by atoms with Crippen molar-refractivity contribution >= 4 is 28.5 Å². The number of para-hydroxylation sites is 2. The number of fused-ring (bicyclic) bond motifs is 1. The quantitative estimate of drug-likeness (QED) is 0.660. The molecule has 0 fully saturated rings. The Morgan fingerprint density at radius 2 is 1.72 bits per heavy atom. The lowest BCUT2D eigenvalue weighted by molar-refractivity contribution is -0.122. The molecule has 0 aliphatic rings. The highest BCUT2D eigenvalue weighted by molar-refractivity contribution is 5.98. The van der Waals surface area contributed by atoms with Gasteiger partial charge in [0.1, 0.15) is 5.58 Å². The molecule has 0 aliphatic heterocycles. The van der Waals surface area contributed by atoms with E-state index in [0.29, 0.717) is 5.58 Å². The number of hydrogen-bond acceptors (Lipinski definition) is 4. The number of anilines is 1. The van der Waals surface area contributed by atoms with Crippen LogP contribution in [0.5, 0.6) is 0 Å². The number of hydrogen-bond donors (Lipinski definition) is 0. The molecule has 5 heteroatoms. The van der Waals surface area contributed by atoms with Crippen LogP contribution in [0.2, 0.25) is 0 Å².